The van der Waals surface area contributed by atoms with Gasteiger partial charge in [-0.2, -0.15) is 0 Å². The summed E-state index contributed by atoms with van der Waals surface area (Å²) in [4.78, 5) is 22.1. The van der Waals surface area contributed by atoms with E-state index in [1.54, 1.807) is 0 Å². The first kappa shape index (κ1) is 7.53. The van der Waals surface area contributed by atoms with Crippen LogP contribution in [-0.2, 0) is 9.59 Å². The highest BCUT2D eigenvalue weighted by molar-refractivity contribution is 5.95. The molecular weight excluding hydrogens is 154 g/mol. The molecule has 3 heteroatoms. The van der Waals surface area contributed by atoms with E-state index >= 15 is 0 Å². The number of imide groups is 1. The Bertz CT molecular complexity index is 233. The molecule has 0 aromatic carbocycles. The molecule has 64 valence electrons. The molecule has 1 saturated heterocycles. The molecule has 2 rings (SSSR count). The van der Waals surface area contributed by atoms with Crippen LogP contribution in [0.5, 0.6) is 0 Å². The number of amides is 2. The second kappa shape index (κ2) is 2.73. The summed E-state index contributed by atoms with van der Waals surface area (Å²) < 4.78 is 0. The van der Waals surface area contributed by atoms with Crippen molar-refractivity contribution in [2.45, 2.75) is 19.3 Å². The molecule has 2 unspecified atom stereocenters. The summed E-state index contributed by atoms with van der Waals surface area (Å²) >= 11 is 0. The third-order valence-electron chi connectivity index (χ3n) is 2.43. The first-order valence-electron chi connectivity index (χ1n) is 4.25. The number of hydrogen-bond acceptors (Lipinski definition) is 2. The molecule has 2 bridgehead atoms. The summed E-state index contributed by atoms with van der Waals surface area (Å²) in [5.74, 6) is 0.469. The number of carbonyl (C=O) groups is 2. The maximum absolute atomic E-state index is 11.1. The molecule has 0 aromatic rings. The second-order valence-corrected chi connectivity index (χ2v) is 3.52. The minimum absolute atomic E-state index is 0.130. The number of carbonyl (C=O) groups excluding carboxylic acids is 2. The van der Waals surface area contributed by atoms with Gasteiger partial charge in [0.15, 0.2) is 0 Å². The Hall–Kier alpha value is -1.12. The van der Waals surface area contributed by atoms with E-state index in [-0.39, 0.29) is 11.8 Å². The van der Waals surface area contributed by atoms with Crippen LogP contribution < -0.4 is 5.32 Å². The highest BCUT2D eigenvalue weighted by Gasteiger charge is 2.26. The predicted octanol–water partition coefficient (Wildman–Crippen LogP) is 0.615. The smallest absolute Gasteiger partial charge is 0.227 e. The van der Waals surface area contributed by atoms with Crippen molar-refractivity contribution in [1.82, 2.24) is 5.32 Å². The lowest BCUT2D eigenvalue weighted by atomic mass is 9.95. The largest absolute Gasteiger partial charge is 0.296 e. The number of nitrogens with one attached hydrogen (secondary N) is 1. The van der Waals surface area contributed by atoms with E-state index in [0.29, 0.717) is 24.7 Å². The number of hydrogen-bond donors (Lipinski definition) is 1. The zero-order valence-electron chi connectivity index (χ0n) is 6.75. The van der Waals surface area contributed by atoms with Crippen molar-refractivity contribution >= 4 is 11.8 Å². The van der Waals surface area contributed by atoms with Crippen molar-refractivity contribution in [3.8, 4) is 0 Å². The van der Waals surface area contributed by atoms with Gasteiger partial charge in [0.1, 0.15) is 0 Å². The summed E-state index contributed by atoms with van der Waals surface area (Å²) in [7, 11) is 0. The predicted molar refractivity (Wildman–Crippen MR) is 43.1 cm³/mol. The van der Waals surface area contributed by atoms with Gasteiger partial charge in [-0.15, -0.1) is 0 Å². The zero-order chi connectivity index (χ0) is 8.55. The maximum Gasteiger partial charge on any atom is 0.227 e. The molecule has 2 amide bonds. The molecule has 1 aliphatic carbocycles. The van der Waals surface area contributed by atoms with Crippen LogP contribution in [-0.4, -0.2) is 11.8 Å². The molecular formula is C9H11NO2. The molecule has 1 aliphatic heterocycles. The van der Waals surface area contributed by atoms with Crippen molar-refractivity contribution in [3.63, 3.8) is 0 Å². The van der Waals surface area contributed by atoms with E-state index < -0.39 is 0 Å². The topological polar surface area (TPSA) is 46.2 Å². The Labute approximate surface area is 70.8 Å². The van der Waals surface area contributed by atoms with Crippen molar-refractivity contribution < 1.29 is 9.59 Å². The highest BCUT2D eigenvalue weighted by atomic mass is 16.2. The van der Waals surface area contributed by atoms with E-state index in [1.807, 2.05) is 0 Å². The third kappa shape index (κ3) is 1.40. The lowest BCUT2D eigenvalue weighted by Gasteiger charge is -2.15. The Morgan fingerprint density at radius 2 is 1.58 bits per heavy atom. The maximum atomic E-state index is 11.1. The number of allylic oxidation sites excluding steroid dienone is 2. The minimum Gasteiger partial charge on any atom is -0.296 e. The molecule has 1 N–H and O–H groups in total. The first-order chi connectivity index (χ1) is 5.74. The summed E-state index contributed by atoms with van der Waals surface area (Å²) in [6.45, 7) is 0. The van der Waals surface area contributed by atoms with Crippen molar-refractivity contribution in [2.75, 3.05) is 0 Å². The standard InChI is InChI=1S/C9H11NO2/c11-8-4-6-1-2-7(3-6)5-9(12)10-8/h1-2,6-7H,3-5H2,(H,10,11,12). The average molecular weight is 165 g/mol. The fraction of sp³-hybridized carbons (Fsp3) is 0.556. The van der Waals surface area contributed by atoms with Crippen LogP contribution in [0.3, 0.4) is 0 Å². The van der Waals surface area contributed by atoms with E-state index in [9.17, 15) is 9.59 Å². The van der Waals surface area contributed by atoms with Gasteiger partial charge < -0.3 is 0 Å². The van der Waals surface area contributed by atoms with Crippen LogP contribution in [0, 0.1) is 11.8 Å². The van der Waals surface area contributed by atoms with Gasteiger partial charge >= 0.3 is 0 Å². The lowest BCUT2D eigenvalue weighted by molar-refractivity contribution is -0.131. The molecule has 0 radical (unpaired) electrons. The van der Waals surface area contributed by atoms with E-state index in [1.165, 1.54) is 0 Å². The summed E-state index contributed by atoms with van der Waals surface area (Å²) in [6.07, 6.45) is 6.03. The Morgan fingerprint density at radius 3 is 2.08 bits per heavy atom. The van der Waals surface area contributed by atoms with Crippen LogP contribution in [0.2, 0.25) is 0 Å². The summed E-state index contributed by atoms with van der Waals surface area (Å²) in [5, 5.41) is 2.36. The van der Waals surface area contributed by atoms with Gasteiger partial charge in [-0.1, -0.05) is 12.2 Å². The van der Waals surface area contributed by atoms with Crippen LogP contribution in [0.15, 0.2) is 12.2 Å². The van der Waals surface area contributed by atoms with Crippen LogP contribution in [0.25, 0.3) is 0 Å². The molecule has 3 nitrogen and oxygen atoms in total. The zero-order valence-corrected chi connectivity index (χ0v) is 6.75. The van der Waals surface area contributed by atoms with Crippen LogP contribution in [0.4, 0.5) is 0 Å². The number of rotatable bonds is 0. The van der Waals surface area contributed by atoms with Gasteiger partial charge in [0.25, 0.3) is 0 Å². The molecule has 2 atom stereocenters. The van der Waals surface area contributed by atoms with Crippen molar-refractivity contribution in [3.05, 3.63) is 12.2 Å². The average Bonchev–Trinajstić information content (AvgIpc) is 2.33. The fourth-order valence-electron chi connectivity index (χ4n) is 1.90. The minimum atomic E-state index is -0.130. The SMILES string of the molecule is O=C1CC2C=CC(CC(=O)N1)C2. The fourth-order valence-corrected chi connectivity index (χ4v) is 1.90. The van der Waals surface area contributed by atoms with Crippen LogP contribution in [0.1, 0.15) is 19.3 Å². The van der Waals surface area contributed by atoms with Crippen molar-refractivity contribution in [1.29, 1.82) is 0 Å². The van der Waals surface area contributed by atoms with Gasteiger partial charge in [0.05, 0.1) is 0 Å². The molecule has 0 saturated carbocycles. The monoisotopic (exact) mass is 165 g/mol. The molecule has 12 heavy (non-hydrogen) atoms. The lowest BCUT2D eigenvalue weighted by Crippen LogP contribution is -2.34. The first-order valence-corrected chi connectivity index (χ1v) is 4.25. The Kier molecular flexibility index (Phi) is 1.71. The Morgan fingerprint density at radius 1 is 1.08 bits per heavy atom. The Balaban J connectivity index is 2.14. The van der Waals surface area contributed by atoms with Gasteiger partial charge in [0.2, 0.25) is 11.8 Å². The quantitative estimate of drug-likeness (QED) is 0.422. The second-order valence-electron chi connectivity index (χ2n) is 3.52. The molecule has 1 heterocycles. The summed E-state index contributed by atoms with van der Waals surface area (Å²) in [6, 6.07) is 0. The molecule has 2 aliphatic rings. The van der Waals surface area contributed by atoms with E-state index in [4.69, 9.17) is 0 Å². The third-order valence-corrected chi connectivity index (χ3v) is 2.43. The van der Waals surface area contributed by atoms with Gasteiger partial charge in [0, 0.05) is 12.8 Å². The molecule has 0 spiro atoms. The molecule has 1 fully saturated rings. The number of fused-ring (bicyclic) bond motifs is 2. The normalized spacial score (nSPS) is 34.3. The van der Waals surface area contributed by atoms with Crippen molar-refractivity contribution in [2.24, 2.45) is 11.8 Å². The van der Waals surface area contributed by atoms with Gasteiger partial charge in [-0.05, 0) is 18.3 Å². The van der Waals surface area contributed by atoms with E-state index in [0.717, 1.165) is 6.42 Å². The molecule has 0 aromatic heterocycles. The van der Waals surface area contributed by atoms with Gasteiger partial charge in [-0.3, -0.25) is 14.9 Å². The highest BCUT2D eigenvalue weighted by Crippen LogP contribution is 2.29. The van der Waals surface area contributed by atoms with E-state index in [2.05, 4.69) is 17.5 Å². The summed E-state index contributed by atoms with van der Waals surface area (Å²) in [5.41, 5.74) is 0. The van der Waals surface area contributed by atoms with Gasteiger partial charge in [-0.25, -0.2) is 0 Å². The van der Waals surface area contributed by atoms with Crippen LogP contribution >= 0.6 is 0 Å².